The SMILES string of the molecule is S=S(SSS)c1ncccn1.c1ccncc1. The zero-order valence-electron chi connectivity index (χ0n) is 8.54. The lowest BCUT2D eigenvalue weighted by Gasteiger charge is -1.96. The van der Waals surface area contributed by atoms with E-state index in [0.717, 1.165) is 0 Å². The lowest BCUT2D eigenvalue weighted by atomic mass is 10.5. The number of aromatic nitrogens is 3. The van der Waals surface area contributed by atoms with E-state index < -0.39 is 0 Å². The lowest BCUT2D eigenvalue weighted by molar-refractivity contribution is 0.971. The largest absolute Gasteiger partial charge is 0.265 e. The molecule has 0 bridgehead atoms. The molecule has 17 heavy (non-hydrogen) atoms. The summed E-state index contributed by atoms with van der Waals surface area (Å²) < 4.78 is 0. The van der Waals surface area contributed by atoms with Gasteiger partial charge in [-0.05, 0) is 49.0 Å². The standard InChI is InChI=1S/C5H5N.C4H4N2S5/c1-2-4-6-5-3-1;7-9-10-11(8)4-5-2-1-3-6-4/h1-5H;1-3,7H. The second kappa shape index (κ2) is 9.84. The summed E-state index contributed by atoms with van der Waals surface area (Å²) in [5, 5.41) is 0.703. The zero-order chi connectivity index (χ0) is 12.3. The van der Waals surface area contributed by atoms with E-state index in [-0.39, 0.29) is 8.49 Å². The van der Waals surface area contributed by atoms with Gasteiger partial charge in [-0.25, -0.2) is 9.97 Å². The van der Waals surface area contributed by atoms with Crippen molar-refractivity contribution < 1.29 is 0 Å². The summed E-state index contributed by atoms with van der Waals surface area (Å²) in [6.45, 7) is 0. The fraction of sp³-hybridized carbons (Fsp3) is 0. The van der Waals surface area contributed by atoms with E-state index in [9.17, 15) is 0 Å². The molecule has 0 aromatic carbocycles. The van der Waals surface area contributed by atoms with Crippen LogP contribution in [0, 0.1) is 0 Å². The minimum Gasteiger partial charge on any atom is -0.265 e. The van der Waals surface area contributed by atoms with Crippen molar-refractivity contribution in [3.8, 4) is 0 Å². The molecule has 0 radical (unpaired) electrons. The Bertz CT molecular complexity index is 398. The minimum atomic E-state index is -0.369. The normalized spacial score (nSPS) is 11.1. The van der Waals surface area contributed by atoms with Crippen molar-refractivity contribution in [2.75, 3.05) is 0 Å². The van der Waals surface area contributed by atoms with E-state index in [0.29, 0.717) is 5.16 Å². The fourth-order valence-corrected chi connectivity index (χ4v) is 6.57. The van der Waals surface area contributed by atoms with Crippen molar-refractivity contribution in [2.45, 2.75) is 5.16 Å². The quantitative estimate of drug-likeness (QED) is 0.532. The smallest absolute Gasteiger partial charge is 0.202 e. The summed E-state index contributed by atoms with van der Waals surface area (Å²) in [4.78, 5) is 11.8. The van der Waals surface area contributed by atoms with Crippen LogP contribution in [0.5, 0.6) is 0 Å². The van der Waals surface area contributed by atoms with Gasteiger partial charge in [0.2, 0.25) is 5.16 Å². The Labute approximate surface area is 119 Å². The van der Waals surface area contributed by atoms with E-state index >= 15 is 0 Å². The van der Waals surface area contributed by atoms with Crippen molar-refractivity contribution in [1.29, 1.82) is 0 Å². The first-order chi connectivity index (χ1) is 8.34. The summed E-state index contributed by atoms with van der Waals surface area (Å²) in [5.41, 5.74) is 0. The van der Waals surface area contributed by atoms with Crippen LogP contribution in [0.3, 0.4) is 0 Å². The third kappa shape index (κ3) is 6.99. The van der Waals surface area contributed by atoms with E-state index in [1.807, 2.05) is 18.2 Å². The summed E-state index contributed by atoms with van der Waals surface area (Å²) in [6, 6.07) is 7.49. The Morgan fingerprint density at radius 2 is 1.65 bits per heavy atom. The highest BCUT2D eigenvalue weighted by molar-refractivity contribution is 9.24. The van der Waals surface area contributed by atoms with E-state index in [1.54, 1.807) is 30.9 Å². The summed E-state index contributed by atoms with van der Waals surface area (Å²) in [6.07, 6.45) is 6.89. The molecular weight excluding hydrogens is 310 g/mol. The highest BCUT2D eigenvalue weighted by atomic mass is 33.7. The molecule has 1 unspecified atom stereocenters. The summed E-state index contributed by atoms with van der Waals surface area (Å²) in [5.74, 6) is 0. The van der Waals surface area contributed by atoms with E-state index in [1.165, 1.54) is 19.7 Å². The summed E-state index contributed by atoms with van der Waals surface area (Å²) in [7, 11) is 2.46. The molecular formula is C9H9N3S5. The van der Waals surface area contributed by atoms with Gasteiger partial charge in [-0.2, -0.15) is 0 Å². The molecule has 3 nitrogen and oxygen atoms in total. The molecule has 2 rings (SSSR count). The molecule has 0 spiro atoms. The molecule has 0 saturated heterocycles. The van der Waals surface area contributed by atoms with Gasteiger partial charge in [-0.3, -0.25) is 4.98 Å². The predicted molar refractivity (Wildman–Crippen MR) is 83.4 cm³/mol. The number of pyridine rings is 1. The molecule has 0 aliphatic carbocycles. The van der Waals surface area contributed by atoms with Gasteiger partial charge >= 0.3 is 0 Å². The van der Waals surface area contributed by atoms with Gasteiger partial charge in [-0.15, -0.1) is 0 Å². The van der Waals surface area contributed by atoms with Crippen LogP contribution in [0.25, 0.3) is 0 Å². The first-order valence-electron chi connectivity index (χ1n) is 4.37. The van der Waals surface area contributed by atoms with Crippen LogP contribution in [0.4, 0.5) is 0 Å². The monoisotopic (exact) mass is 319 g/mol. The van der Waals surface area contributed by atoms with Crippen LogP contribution < -0.4 is 0 Å². The Morgan fingerprint density at radius 1 is 1.00 bits per heavy atom. The molecule has 0 aliphatic rings. The van der Waals surface area contributed by atoms with Crippen LogP contribution >= 0.6 is 31.3 Å². The topological polar surface area (TPSA) is 38.7 Å². The van der Waals surface area contributed by atoms with Gasteiger partial charge in [0.1, 0.15) is 0 Å². The second-order valence-corrected chi connectivity index (χ2v) is 9.61. The van der Waals surface area contributed by atoms with Crippen molar-refractivity contribution in [1.82, 2.24) is 15.0 Å². The predicted octanol–water partition coefficient (Wildman–Crippen LogP) is 3.14. The van der Waals surface area contributed by atoms with Gasteiger partial charge < -0.3 is 0 Å². The third-order valence-corrected chi connectivity index (χ3v) is 8.29. The average molecular weight is 320 g/mol. The molecule has 0 amide bonds. The van der Waals surface area contributed by atoms with Crippen LogP contribution in [-0.2, 0) is 19.7 Å². The maximum atomic E-state index is 5.10. The molecule has 0 saturated carbocycles. The molecule has 2 aromatic heterocycles. The van der Waals surface area contributed by atoms with Crippen molar-refractivity contribution >= 4 is 51.0 Å². The lowest BCUT2D eigenvalue weighted by Crippen LogP contribution is -1.89. The van der Waals surface area contributed by atoms with Gasteiger partial charge in [0.15, 0.2) is 0 Å². The molecule has 0 N–H and O–H groups in total. The van der Waals surface area contributed by atoms with Crippen LogP contribution in [0.2, 0.25) is 0 Å². The zero-order valence-corrected chi connectivity index (χ0v) is 12.7. The molecule has 90 valence electrons. The maximum absolute atomic E-state index is 5.10. The summed E-state index contributed by atoms with van der Waals surface area (Å²) >= 11 is 9.07. The van der Waals surface area contributed by atoms with Crippen molar-refractivity contribution in [2.24, 2.45) is 0 Å². The molecule has 1 atom stereocenters. The van der Waals surface area contributed by atoms with Crippen LogP contribution in [0.1, 0.15) is 0 Å². The molecule has 0 aliphatic heterocycles. The molecule has 2 aromatic rings. The maximum Gasteiger partial charge on any atom is 0.202 e. The van der Waals surface area contributed by atoms with Gasteiger partial charge in [0.05, 0.1) is 0 Å². The van der Waals surface area contributed by atoms with Gasteiger partial charge in [0.25, 0.3) is 0 Å². The van der Waals surface area contributed by atoms with Crippen LogP contribution in [0.15, 0.2) is 54.2 Å². The fourth-order valence-electron chi connectivity index (χ4n) is 0.742. The number of nitrogens with zero attached hydrogens (tertiary/aromatic N) is 3. The minimum absolute atomic E-state index is 0.369. The Hall–Kier alpha value is -0.150. The second-order valence-electron chi connectivity index (χ2n) is 2.43. The van der Waals surface area contributed by atoms with Crippen molar-refractivity contribution in [3.63, 3.8) is 0 Å². The van der Waals surface area contributed by atoms with E-state index in [4.69, 9.17) is 11.2 Å². The Morgan fingerprint density at radius 3 is 2.06 bits per heavy atom. The first-order valence-corrected chi connectivity index (χ1v) is 10.2. The van der Waals surface area contributed by atoms with Crippen molar-refractivity contribution in [3.05, 3.63) is 49.1 Å². The third-order valence-electron chi connectivity index (χ3n) is 1.35. The molecule has 8 heteroatoms. The van der Waals surface area contributed by atoms with Gasteiger partial charge in [0, 0.05) is 33.3 Å². The van der Waals surface area contributed by atoms with Crippen LogP contribution in [-0.4, -0.2) is 15.0 Å². The Kier molecular flexibility index (Phi) is 8.63. The number of hydrogen-bond acceptors (Lipinski definition) is 7. The highest BCUT2D eigenvalue weighted by Crippen LogP contribution is 2.31. The van der Waals surface area contributed by atoms with Gasteiger partial charge in [-0.1, -0.05) is 17.7 Å². The molecule has 2 heterocycles. The molecule has 0 fully saturated rings. The van der Waals surface area contributed by atoms with E-state index in [2.05, 4.69) is 26.6 Å². The Balaban J connectivity index is 0.000000202. The number of thiol groups is 1. The number of rotatable bonds is 3. The highest BCUT2D eigenvalue weighted by Gasteiger charge is 2.00. The average Bonchev–Trinajstić information content (AvgIpc) is 2.43. The first kappa shape index (κ1) is 14.9. The number of hydrogen-bond donors (Lipinski definition) is 1.